The van der Waals surface area contributed by atoms with Crippen LogP contribution in [0.3, 0.4) is 0 Å². The molecule has 32 heavy (non-hydrogen) atoms. The van der Waals surface area contributed by atoms with Crippen LogP contribution in [-0.2, 0) is 27.6 Å². The summed E-state index contributed by atoms with van der Waals surface area (Å²) in [6, 6.07) is 9.14. The Balaban J connectivity index is 1.52. The van der Waals surface area contributed by atoms with Crippen LogP contribution in [0.5, 0.6) is 5.88 Å². The molecule has 0 spiro atoms. The van der Waals surface area contributed by atoms with E-state index in [0.29, 0.717) is 23.6 Å². The van der Waals surface area contributed by atoms with Crippen LogP contribution in [-0.4, -0.2) is 58.8 Å². The van der Waals surface area contributed by atoms with E-state index in [0.717, 1.165) is 62.9 Å². The summed E-state index contributed by atoms with van der Waals surface area (Å²) in [5, 5.41) is 0. The van der Waals surface area contributed by atoms with E-state index in [2.05, 4.69) is 21.7 Å². The molecule has 0 bridgehead atoms. The van der Waals surface area contributed by atoms with Gasteiger partial charge in [-0.1, -0.05) is 12.1 Å². The molecule has 0 atom stereocenters. The van der Waals surface area contributed by atoms with Crippen LogP contribution in [0.1, 0.15) is 48.4 Å². The van der Waals surface area contributed by atoms with Gasteiger partial charge in [0.05, 0.1) is 18.1 Å². The van der Waals surface area contributed by atoms with Gasteiger partial charge in [-0.25, -0.2) is 13.4 Å². The van der Waals surface area contributed by atoms with Gasteiger partial charge in [0.25, 0.3) is 10.0 Å². The topological polar surface area (TPSA) is 80.8 Å². The molecule has 174 valence electrons. The van der Waals surface area contributed by atoms with E-state index in [1.165, 1.54) is 12.7 Å². The van der Waals surface area contributed by atoms with Crippen molar-refractivity contribution in [2.24, 2.45) is 0 Å². The molecule has 2 aliphatic rings. The van der Waals surface area contributed by atoms with E-state index in [9.17, 15) is 8.42 Å². The second-order valence-electron chi connectivity index (χ2n) is 8.84. The highest BCUT2D eigenvalue weighted by molar-refractivity contribution is 7.92. The molecule has 0 unspecified atom stereocenters. The quantitative estimate of drug-likeness (QED) is 0.711. The third-order valence-corrected chi connectivity index (χ3v) is 8.14. The number of hydrogen-bond donors (Lipinski definition) is 1. The summed E-state index contributed by atoms with van der Waals surface area (Å²) in [7, 11) is 1.61. The molecule has 8 heteroatoms. The second-order valence-corrected chi connectivity index (χ2v) is 10.5. The summed E-state index contributed by atoms with van der Waals surface area (Å²) in [5.74, 6) is 0.765. The van der Waals surface area contributed by atoms with Crippen molar-refractivity contribution < 1.29 is 17.9 Å². The van der Waals surface area contributed by atoms with Gasteiger partial charge in [-0.05, 0) is 74.4 Å². The Morgan fingerprint density at radius 3 is 2.38 bits per heavy atom. The maximum absolute atomic E-state index is 13.1. The van der Waals surface area contributed by atoms with Gasteiger partial charge in [0.2, 0.25) is 5.88 Å². The van der Waals surface area contributed by atoms with Crippen LogP contribution in [0.25, 0.3) is 0 Å². The Bertz CT molecular complexity index is 1030. The lowest BCUT2D eigenvalue weighted by Gasteiger charge is -2.27. The lowest BCUT2D eigenvalue weighted by Crippen LogP contribution is -2.20. The van der Waals surface area contributed by atoms with E-state index in [1.807, 2.05) is 18.2 Å². The number of sulfonamides is 1. The minimum atomic E-state index is -3.75. The van der Waals surface area contributed by atoms with Crippen LogP contribution >= 0.6 is 0 Å². The molecule has 1 N–H and O–H groups in total. The number of pyridine rings is 1. The van der Waals surface area contributed by atoms with Crippen molar-refractivity contribution in [2.45, 2.75) is 55.4 Å². The summed E-state index contributed by atoms with van der Waals surface area (Å²) in [5.41, 5.74) is 3.61. The Morgan fingerprint density at radius 2 is 1.72 bits per heavy atom. The smallest absolute Gasteiger partial charge is 0.262 e. The highest BCUT2D eigenvalue weighted by Gasteiger charge is 2.24. The minimum Gasteiger partial charge on any atom is -0.479 e. The number of nitrogens with zero attached hydrogens (tertiary/aromatic N) is 2. The zero-order valence-corrected chi connectivity index (χ0v) is 20.0. The van der Waals surface area contributed by atoms with E-state index in [-0.39, 0.29) is 4.90 Å². The molecule has 0 amide bonds. The van der Waals surface area contributed by atoms with Crippen LogP contribution < -0.4 is 9.46 Å². The van der Waals surface area contributed by atoms with E-state index in [4.69, 9.17) is 9.47 Å². The fourth-order valence-electron chi connectivity index (χ4n) is 4.71. The molecule has 0 saturated heterocycles. The van der Waals surface area contributed by atoms with Crippen molar-refractivity contribution in [3.05, 3.63) is 47.2 Å². The maximum atomic E-state index is 13.1. The third kappa shape index (κ3) is 5.08. The van der Waals surface area contributed by atoms with Crippen LogP contribution in [0.15, 0.2) is 35.2 Å². The molecule has 1 aromatic carbocycles. The first-order chi connectivity index (χ1) is 15.4. The summed E-state index contributed by atoms with van der Waals surface area (Å²) < 4.78 is 39.8. The Kier molecular flexibility index (Phi) is 7.02. The highest BCUT2D eigenvalue weighted by atomic mass is 32.2. The molecular weight excluding hydrogens is 426 g/mol. The number of anilines is 1. The van der Waals surface area contributed by atoms with Crippen molar-refractivity contribution in [3.8, 4) is 5.88 Å². The predicted molar refractivity (Wildman–Crippen MR) is 125 cm³/mol. The lowest BCUT2D eigenvalue weighted by atomic mass is 9.83. The largest absolute Gasteiger partial charge is 0.479 e. The number of aromatic nitrogens is 1. The molecule has 4 rings (SSSR count). The first kappa shape index (κ1) is 23.0. The molecule has 1 aliphatic heterocycles. The third-order valence-electron chi connectivity index (χ3n) is 6.76. The van der Waals surface area contributed by atoms with Gasteiger partial charge >= 0.3 is 0 Å². The van der Waals surface area contributed by atoms with Crippen molar-refractivity contribution in [2.75, 3.05) is 39.1 Å². The van der Waals surface area contributed by atoms with E-state index >= 15 is 0 Å². The molecule has 2 aromatic rings. The van der Waals surface area contributed by atoms with Gasteiger partial charge in [0, 0.05) is 32.3 Å². The number of likely N-dealkylation sites (N-methyl/N-ethyl adjacent to an activating group) is 1. The minimum absolute atomic E-state index is 0.239. The molecule has 0 radical (unpaired) electrons. The number of rotatable bonds is 6. The summed E-state index contributed by atoms with van der Waals surface area (Å²) in [6.07, 6.45) is 6.22. The standard InChI is InChI=1S/C24H33N3O4S/c1-27-14-12-19-16-23(24(31-3)25-22(19)13-15-27)26-32(28,29)21-10-6-18(7-11-21)17-4-8-20(30-2)9-5-17/h6-7,10-11,16-17,20,26H,4-5,8-9,12-15H2,1-3H3/t17-,20+. The maximum Gasteiger partial charge on any atom is 0.262 e. The first-order valence-electron chi connectivity index (χ1n) is 11.3. The molecule has 2 heterocycles. The van der Waals surface area contributed by atoms with Crippen LogP contribution in [0, 0.1) is 0 Å². The number of methoxy groups -OCH3 is 2. The van der Waals surface area contributed by atoms with Crippen molar-refractivity contribution in [3.63, 3.8) is 0 Å². The Morgan fingerprint density at radius 1 is 1.03 bits per heavy atom. The van der Waals surface area contributed by atoms with Crippen molar-refractivity contribution in [1.82, 2.24) is 9.88 Å². The predicted octanol–water partition coefficient (Wildman–Crippen LogP) is 3.59. The monoisotopic (exact) mass is 459 g/mol. The highest BCUT2D eigenvalue weighted by Crippen LogP contribution is 2.35. The van der Waals surface area contributed by atoms with Crippen LogP contribution in [0.4, 0.5) is 5.69 Å². The fraction of sp³-hybridized carbons (Fsp3) is 0.542. The summed E-state index contributed by atoms with van der Waals surface area (Å²) in [6.45, 7) is 1.84. The summed E-state index contributed by atoms with van der Waals surface area (Å²) in [4.78, 5) is 7.10. The normalized spacial score (nSPS) is 22.1. The van der Waals surface area contributed by atoms with Gasteiger partial charge in [-0.3, -0.25) is 4.72 Å². The van der Waals surface area contributed by atoms with Gasteiger partial charge in [-0.2, -0.15) is 0 Å². The molecule has 1 aromatic heterocycles. The second kappa shape index (κ2) is 9.77. The molecular formula is C24H33N3O4S. The number of hydrogen-bond acceptors (Lipinski definition) is 6. The molecule has 7 nitrogen and oxygen atoms in total. The fourth-order valence-corrected chi connectivity index (χ4v) is 5.76. The average Bonchev–Trinajstić information content (AvgIpc) is 2.99. The zero-order chi connectivity index (χ0) is 22.7. The van der Waals surface area contributed by atoms with Gasteiger partial charge < -0.3 is 14.4 Å². The Labute approximate surface area is 191 Å². The number of fused-ring (bicyclic) bond motifs is 1. The number of benzene rings is 1. The lowest BCUT2D eigenvalue weighted by molar-refractivity contribution is 0.0658. The van der Waals surface area contributed by atoms with Gasteiger partial charge in [0.15, 0.2) is 0 Å². The van der Waals surface area contributed by atoms with E-state index in [1.54, 1.807) is 19.2 Å². The number of nitrogens with one attached hydrogen (secondary N) is 1. The van der Waals surface area contributed by atoms with Gasteiger partial charge in [-0.15, -0.1) is 0 Å². The van der Waals surface area contributed by atoms with Gasteiger partial charge in [0.1, 0.15) is 5.69 Å². The number of ether oxygens (including phenoxy) is 2. The SMILES string of the molecule is COc1nc2c(cc1NS(=O)(=O)c1ccc([C@H]3CC[C@@H](OC)CC3)cc1)CCN(C)CC2. The first-order valence-corrected chi connectivity index (χ1v) is 12.8. The summed E-state index contributed by atoms with van der Waals surface area (Å²) >= 11 is 0. The zero-order valence-electron chi connectivity index (χ0n) is 19.1. The van der Waals surface area contributed by atoms with E-state index < -0.39 is 10.0 Å². The average molecular weight is 460 g/mol. The van der Waals surface area contributed by atoms with Crippen molar-refractivity contribution in [1.29, 1.82) is 0 Å². The molecule has 1 saturated carbocycles. The molecule has 1 aliphatic carbocycles. The van der Waals surface area contributed by atoms with Crippen LogP contribution in [0.2, 0.25) is 0 Å². The molecule has 1 fully saturated rings. The van der Waals surface area contributed by atoms with Crippen molar-refractivity contribution >= 4 is 15.7 Å². The Hall–Kier alpha value is -2.16.